The number of rotatable bonds is 4. The molecule has 5 N–H and O–H groups in total. The van der Waals surface area contributed by atoms with Crippen molar-refractivity contribution in [3.63, 3.8) is 0 Å². The SMILES string of the molecule is C=Nc1ccn[nH]1.CC.CC(C)(C)OC(=O)NCC1CC=C(c2cnc3n[nH]c(N)c3c2)CC1. The molecule has 3 aromatic rings. The second-order valence-electron chi connectivity index (χ2n) is 8.58. The summed E-state index contributed by atoms with van der Waals surface area (Å²) < 4.78 is 5.27. The Balaban J connectivity index is 0.000000384. The molecular weight excluding hydrogens is 432 g/mol. The zero-order valence-electron chi connectivity index (χ0n) is 20.7. The lowest BCUT2D eigenvalue weighted by molar-refractivity contribution is 0.0518. The van der Waals surface area contributed by atoms with Gasteiger partial charge in [0, 0.05) is 18.8 Å². The molecule has 1 atom stereocenters. The van der Waals surface area contributed by atoms with Crippen LogP contribution in [0.1, 0.15) is 59.4 Å². The Morgan fingerprint density at radius 3 is 2.68 bits per heavy atom. The highest BCUT2D eigenvalue weighted by atomic mass is 16.6. The Hall–Kier alpha value is -3.69. The normalized spacial score (nSPS) is 15.2. The van der Waals surface area contributed by atoms with E-state index < -0.39 is 5.60 Å². The van der Waals surface area contributed by atoms with E-state index in [4.69, 9.17) is 10.5 Å². The van der Waals surface area contributed by atoms with E-state index in [1.165, 1.54) is 5.57 Å². The van der Waals surface area contributed by atoms with Crippen molar-refractivity contribution in [3.8, 4) is 0 Å². The zero-order valence-corrected chi connectivity index (χ0v) is 20.7. The molecule has 0 spiro atoms. The van der Waals surface area contributed by atoms with Gasteiger partial charge >= 0.3 is 6.09 Å². The van der Waals surface area contributed by atoms with Crippen molar-refractivity contribution in [2.45, 2.75) is 59.5 Å². The maximum atomic E-state index is 11.7. The van der Waals surface area contributed by atoms with Gasteiger partial charge in [-0.3, -0.25) is 10.2 Å². The molecule has 3 aromatic heterocycles. The van der Waals surface area contributed by atoms with E-state index in [1.54, 1.807) is 12.3 Å². The van der Waals surface area contributed by atoms with E-state index >= 15 is 0 Å². The van der Waals surface area contributed by atoms with Gasteiger partial charge in [-0.25, -0.2) is 14.8 Å². The fraction of sp³-hybridized carbons (Fsp3) is 0.458. The topological polar surface area (TPSA) is 147 Å². The van der Waals surface area contributed by atoms with Crippen molar-refractivity contribution in [3.05, 3.63) is 36.2 Å². The number of carbonyl (C=O) groups excluding carboxylic acids is 1. The van der Waals surface area contributed by atoms with Crippen LogP contribution in [0.25, 0.3) is 16.6 Å². The molecule has 0 radical (unpaired) electrons. The van der Waals surface area contributed by atoms with Crippen molar-refractivity contribution in [1.82, 2.24) is 30.7 Å². The van der Waals surface area contributed by atoms with Gasteiger partial charge in [0.05, 0.1) is 11.6 Å². The zero-order chi connectivity index (χ0) is 25.1. The Kier molecular flexibility index (Phi) is 9.78. The average Bonchev–Trinajstić information content (AvgIpc) is 3.48. The van der Waals surface area contributed by atoms with Crippen LogP contribution < -0.4 is 11.1 Å². The highest BCUT2D eigenvalue weighted by Gasteiger charge is 2.20. The van der Waals surface area contributed by atoms with E-state index in [0.717, 1.165) is 30.2 Å². The summed E-state index contributed by atoms with van der Waals surface area (Å²) in [5, 5.41) is 16.8. The Morgan fingerprint density at radius 1 is 1.35 bits per heavy atom. The van der Waals surface area contributed by atoms with Crippen molar-refractivity contribution in [2.75, 3.05) is 12.3 Å². The lowest BCUT2D eigenvalue weighted by Crippen LogP contribution is -2.35. The molecule has 4 rings (SSSR count). The van der Waals surface area contributed by atoms with Gasteiger partial charge in [-0.05, 0) is 69.9 Å². The number of aromatic nitrogens is 5. The van der Waals surface area contributed by atoms with Crippen molar-refractivity contribution >= 4 is 41.1 Å². The second-order valence-corrected chi connectivity index (χ2v) is 8.58. The number of nitrogens with one attached hydrogen (secondary N) is 3. The number of aromatic amines is 2. The molecule has 1 amide bonds. The number of alkyl carbamates (subject to hydrolysis) is 1. The largest absolute Gasteiger partial charge is 0.444 e. The molecule has 1 unspecified atom stereocenters. The maximum absolute atomic E-state index is 11.7. The van der Waals surface area contributed by atoms with E-state index in [2.05, 4.69) is 48.5 Å². The molecule has 10 heteroatoms. The summed E-state index contributed by atoms with van der Waals surface area (Å²) in [6, 6.07) is 3.78. The van der Waals surface area contributed by atoms with Crippen molar-refractivity contribution in [2.24, 2.45) is 10.9 Å². The van der Waals surface area contributed by atoms with Crippen LogP contribution >= 0.6 is 0 Å². The third kappa shape index (κ3) is 8.02. The first-order valence-corrected chi connectivity index (χ1v) is 11.5. The number of allylic oxidation sites excluding steroid dienone is 2. The molecular formula is C24H36N8O2. The highest BCUT2D eigenvalue weighted by molar-refractivity contribution is 5.88. The molecule has 0 saturated carbocycles. The standard InChI is InChI=1S/C18H25N5O2.C4H5N3.C2H6/c1-18(2,3)25-17(24)21-9-11-4-6-12(7-5-11)13-8-14-15(19)22-23-16(14)20-10-13;1-5-4-2-3-6-7-4;1-2/h6,8,10-11H,4-5,7,9H2,1-3H3,(H,21,24)(H3,19,20,22,23);2-3H,1H2,(H,6,7);1-2H3. The number of nitrogens with two attached hydrogens (primary N) is 1. The van der Waals surface area contributed by atoms with E-state index in [-0.39, 0.29) is 6.09 Å². The number of nitrogen functional groups attached to an aromatic ring is 1. The summed E-state index contributed by atoms with van der Waals surface area (Å²) >= 11 is 0. The predicted octanol–water partition coefficient (Wildman–Crippen LogP) is 5.02. The summed E-state index contributed by atoms with van der Waals surface area (Å²) in [4.78, 5) is 19.7. The van der Waals surface area contributed by atoms with Gasteiger partial charge in [-0.2, -0.15) is 10.2 Å². The Bertz CT molecular complexity index is 1080. The van der Waals surface area contributed by atoms with Crippen LogP contribution in [0.4, 0.5) is 16.4 Å². The lowest BCUT2D eigenvalue weighted by atomic mass is 9.87. The van der Waals surface area contributed by atoms with Crippen LogP contribution in [0.3, 0.4) is 0 Å². The first-order chi connectivity index (χ1) is 16.2. The summed E-state index contributed by atoms with van der Waals surface area (Å²) in [7, 11) is 0. The average molecular weight is 469 g/mol. The molecule has 1 aliphatic carbocycles. The molecule has 0 aliphatic heterocycles. The van der Waals surface area contributed by atoms with E-state index in [9.17, 15) is 4.79 Å². The van der Waals surface area contributed by atoms with E-state index in [1.807, 2.05) is 46.9 Å². The number of hydrogen-bond acceptors (Lipinski definition) is 7. The number of carbonyl (C=O) groups is 1. The molecule has 10 nitrogen and oxygen atoms in total. The highest BCUT2D eigenvalue weighted by Crippen LogP contribution is 2.31. The number of amides is 1. The van der Waals surface area contributed by atoms with Crippen molar-refractivity contribution < 1.29 is 9.53 Å². The second kappa shape index (κ2) is 12.5. The van der Waals surface area contributed by atoms with Crippen LogP contribution in [0, 0.1) is 5.92 Å². The minimum atomic E-state index is -0.468. The number of H-pyrrole nitrogens is 2. The molecule has 0 fully saturated rings. The molecule has 184 valence electrons. The van der Waals surface area contributed by atoms with Crippen LogP contribution in [0.2, 0.25) is 0 Å². The smallest absolute Gasteiger partial charge is 0.407 e. The van der Waals surface area contributed by atoms with Gasteiger partial charge in [0.1, 0.15) is 17.2 Å². The number of aliphatic imine (C=N–C) groups is 1. The van der Waals surface area contributed by atoms with E-state index in [0.29, 0.717) is 29.7 Å². The molecule has 3 heterocycles. The van der Waals surface area contributed by atoms with Gasteiger partial charge in [-0.1, -0.05) is 19.9 Å². The van der Waals surface area contributed by atoms with Gasteiger partial charge in [0.25, 0.3) is 0 Å². The predicted molar refractivity (Wildman–Crippen MR) is 137 cm³/mol. The Labute approximate surface area is 200 Å². The van der Waals surface area contributed by atoms with Gasteiger partial charge < -0.3 is 15.8 Å². The minimum absolute atomic E-state index is 0.354. The number of nitrogens with zero attached hydrogens (tertiary/aromatic N) is 4. The Morgan fingerprint density at radius 2 is 2.12 bits per heavy atom. The molecule has 34 heavy (non-hydrogen) atoms. The number of hydrogen-bond donors (Lipinski definition) is 4. The van der Waals surface area contributed by atoms with Crippen molar-refractivity contribution in [1.29, 1.82) is 0 Å². The minimum Gasteiger partial charge on any atom is -0.444 e. The monoisotopic (exact) mass is 468 g/mol. The summed E-state index contributed by atoms with van der Waals surface area (Å²) in [6.07, 6.45) is 8.23. The molecule has 0 bridgehead atoms. The van der Waals surface area contributed by atoms with Crippen LogP contribution in [-0.4, -0.2) is 50.3 Å². The van der Waals surface area contributed by atoms with Gasteiger partial charge in [0.2, 0.25) is 0 Å². The number of ether oxygens (including phenoxy) is 1. The van der Waals surface area contributed by atoms with Gasteiger partial charge in [0.15, 0.2) is 5.65 Å². The number of anilines is 1. The fourth-order valence-corrected chi connectivity index (χ4v) is 3.31. The molecule has 1 aliphatic rings. The first kappa shape index (κ1) is 26.6. The quantitative estimate of drug-likeness (QED) is 0.395. The van der Waals surface area contributed by atoms with Gasteiger partial charge in [-0.15, -0.1) is 0 Å². The summed E-state index contributed by atoms with van der Waals surface area (Å²) in [5.74, 6) is 1.67. The van der Waals surface area contributed by atoms with Crippen LogP contribution in [-0.2, 0) is 4.74 Å². The number of pyridine rings is 1. The fourth-order valence-electron chi connectivity index (χ4n) is 3.31. The lowest BCUT2D eigenvalue weighted by Gasteiger charge is -2.24. The molecule has 0 saturated heterocycles. The third-order valence-electron chi connectivity index (χ3n) is 4.92. The number of fused-ring (bicyclic) bond motifs is 1. The van der Waals surface area contributed by atoms with Crippen LogP contribution in [0.5, 0.6) is 0 Å². The molecule has 0 aromatic carbocycles. The maximum Gasteiger partial charge on any atom is 0.407 e. The third-order valence-corrected chi connectivity index (χ3v) is 4.92. The summed E-state index contributed by atoms with van der Waals surface area (Å²) in [5.41, 5.74) is 8.40. The summed E-state index contributed by atoms with van der Waals surface area (Å²) in [6.45, 7) is 13.5. The van der Waals surface area contributed by atoms with Crippen LogP contribution in [0.15, 0.2) is 35.6 Å². The first-order valence-electron chi connectivity index (χ1n) is 11.5.